The molecule has 0 amide bonds. The molecule has 0 bridgehead atoms. The molecule has 2 fully saturated rings. The normalized spacial score (nSPS) is 32.8. The zero-order valence-electron chi connectivity index (χ0n) is 12.1. The van der Waals surface area contributed by atoms with E-state index in [0.29, 0.717) is 12.5 Å². The Hall–Kier alpha value is -1.26. The zero-order valence-corrected chi connectivity index (χ0v) is 12.1. The first-order valence-electron chi connectivity index (χ1n) is 6.40. The van der Waals surface area contributed by atoms with Crippen molar-refractivity contribution in [3.8, 4) is 0 Å². The quantitative estimate of drug-likeness (QED) is 0.353. The Morgan fingerprint density at radius 2 is 1.90 bits per heavy atom. The fourth-order valence-corrected chi connectivity index (χ4v) is 2.55. The number of methoxy groups -OCH3 is 1. The lowest BCUT2D eigenvalue weighted by molar-refractivity contribution is -0.235. The summed E-state index contributed by atoms with van der Waals surface area (Å²) < 4.78 is 16.7. The van der Waals surface area contributed by atoms with Crippen molar-refractivity contribution in [3.05, 3.63) is 0 Å². The predicted molar refractivity (Wildman–Crippen MR) is 68.1 cm³/mol. The van der Waals surface area contributed by atoms with Gasteiger partial charge in [0, 0.05) is 19.1 Å². The van der Waals surface area contributed by atoms with Gasteiger partial charge in [-0.1, -0.05) is 0 Å². The van der Waals surface area contributed by atoms with Crippen LogP contribution in [0.15, 0.2) is 0 Å². The summed E-state index contributed by atoms with van der Waals surface area (Å²) in [6.07, 6.45) is 1.09. The molecule has 21 heavy (non-hydrogen) atoms. The first kappa shape index (κ1) is 17.8. The van der Waals surface area contributed by atoms with Crippen molar-refractivity contribution in [1.82, 2.24) is 0 Å². The third-order valence-electron chi connectivity index (χ3n) is 3.26. The summed E-state index contributed by atoms with van der Waals surface area (Å²) in [4.78, 5) is 21.5. The van der Waals surface area contributed by atoms with Crippen molar-refractivity contribution in [3.63, 3.8) is 0 Å². The highest BCUT2D eigenvalue weighted by atomic mass is 17.1. The second kappa shape index (κ2) is 7.14. The number of carbonyl (C=O) groups excluding carboxylic acids is 1. The molecule has 4 atom stereocenters. The molecule has 1 saturated heterocycles. The van der Waals surface area contributed by atoms with E-state index in [1.165, 1.54) is 0 Å². The van der Waals surface area contributed by atoms with E-state index in [9.17, 15) is 9.59 Å². The molecule has 0 radical (unpaired) electrons. The number of aliphatic carboxylic acids is 1. The van der Waals surface area contributed by atoms with Crippen LogP contribution in [-0.2, 0) is 28.7 Å². The van der Waals surface area contributed by atoms with E-state index in [0.717, 1.165) is 6.42 Å². The van der Waals surface area contributed by atoms with Gasteiger partial charge in [0.25, 0.3) is 0 Å². The summed E-state index contributed by atoms with van der Waals surface area (Å²) in [6.45, 7) is 4.57. The molecule has 9 nitrogen and oxygen atoms in total. The van der Waals surface area contributed by atoms with Crippen molar-refractivity contribution >= 4 is 11.9 Å². The van der Waals surface area contributed by atoms with E-state index in [4.69, 9.17) is 30.3 Å². The van der Waals surface area contributed by atoms with Crippen LogP contribution in [0.4, 0.5) is 0 Å². The van der Waals surface area contributed by atoms with Gasteiger partial charge in [-0.3, -0.25) is 4.89 Å². The van der Waals surface area contributed by atoms with Crippen LogP contribution in [0.1, 0.15) is 20.3 Å². The van der Waals surface area contributed by atoms with Crippen LogP contribution >= 0.6 is 0 Å². The molecule has 9 heteroatoms. The van der Waals surface area contributed by atoms with Crippen LogP contribution in [0.25, 0.3) is 0 Å². The zero-order chi connectivity index (χ0) is 16.2. The van der Waals surface area contributed by atoms with Gasteiger partial charge < -0.3 is 25.1 Å². The number of hydrogen-bond acceptors (Lipinski definition) is 8. The third kappa shape index (κ3) is 4.61. The largest absolute Gasteiger partial charge is 0.473 e. The molecular formula is C12H21NO8. The maximum absolute atomic E-state index is 9.44. The molecule has 0 spiro atoms. The Morgan fingerprint density at radius 1 is 1.33 bits per heavy atom. The average molecular weight is 307 g/mol. The van der Waals surface area contributed by atoms with Crippen molar-refractivity contribution in [2.75, 3.05) is 13.7 Å². The third-order valence-corrected chi connectivity index (χ3v) is 3.26. The van der Waals surface area contributed by atoms with Crippen LogP contribution < -0.4 is 5.73 Å². The monoisotopic (exact) mass is 307 g/mol. The maximum atomic E-state index is 9.44. The van der Waals surface area contributed by atoms with Crippen molar-refractivity contribution in [2.45, 2.75) is 44.3 Å². The van der Waals surface area contributed by atoms with E-state index in [1.807, 2.05) is 13.8 Å². The number of ether oxygens (including phenoxy) is 3. The Bertz CT molecular complexity index is 385. The number of carboxylic acid groups (broad SMARTS) is 1. The van der Waals surface area contributed by atoms with E-state index >= 15 is 0 Å². The molecule has 1 aliphatic carbocycles. The number of fused-ring (bicyclic) bond motifs is 1. The molecule has 1 saturated carbocycles. The summed E-state index contributed by atoms with van der Waals surface area (Å²) in [5.41, 5.74) is 6.00. The molecule has 4 N–H and O–H groups in total. The topological polar surface area (TPSA) is 138 Å². The molecule has 2 aliphatic rings. The van der Waals surface area contributed by atoms with Crippen molar-refractivity contribution in [2.24, 2.45) is 11.7 Å². The lowest BCUT2D eigenvalue weighted by Crippen LogP contribution is -2.35. The van der Waals surface area contributed by atoms with Gasteiger partial charge in [0.15, 0.2) is 5.79 Å². The predicted octanol–water partition coefficient (Wildman–Crippen LogP) is -0.413. The SMILES string of the molecule is COC[C@H]1C[C@@H](N)[C@@H]2OC(C)(C)O[C@H]12.O=C(O)C(=O)OO. The first-order valence-corrected chi connectivity index (χ1v) is 6.40. The molecule has 2 rings (SSSR count). The highest BCUT2D eigenvalue weighted by molar-refractivity contribution is 6.28. The summed E-state index contributed by atoms with van der Waals surface area (Å²) >= 11 is 0. The second-order valence-corrected chi connectivity index (χ2v) is 5.36. The smallest absolute Gasteiger partial charge is 0.449 e. The van der Waals surface area contributed by atoms with Gasteiger partial charge in [0.1, 0.15) is 6.10 Å². The van der Waals surface area contributed by atoms with Crippen molar-refractivity contribution < 1.29 is 39.1 Å². The molecule has 0 aromatic heterocycles. The lowest BCUT2D eigenvalue weighted by atomic mass is 10.1. The maximum Gasteiger partial charge on any atom is 0.449 e. The highest BCUT2D eigenvalue weighted by Crippen LogP contribution is 2.40. The summed E-state index contributed by atoms with van der Waals surface area (Å²) in [5, 5.41) is 14.8. The van der Waals surface area contributed by atoms with Crippen LogP contribution in [-0.4, -0.2) is 60.1 Å². The minimum Gasteiger partial charge on any atom is -0.473 e. The molecule has 0 aromatic rings. The Labute approximate surface area is 121 Å². The molecule has 1 aliphatic heterocycles. The van der Waals surface area contributed by atoms with E-state index < -0.39 is 17.7 Å². The van der Waals surface area contributed by atoms with Crippen LogP contribution in [0, 0.1) is 5.92 Å². The van der Waals surface area contributed by atoms with E-state index in [-0.39, 0.29) is 18.2 Å². The second-order valence-electron chi connectivity index (χ2n) is 5.36. The molecule has 0 aromatic carbocycles. The van der Waals surface area contributed by atoms with Gasteiger partial charge >= 0.3 is 11.9 Å². The molecular weight excluding hydrogens is 286 g/mol. The van der Waals surface area contributed by atoms with Crippen molar-refractivity contribution in [1.29, 1.82) is 0 Å². The molecule has 0 unspecified atom stereocenters. The standard InChI is InChI=1S/C10H19NO3.C2H2O5/c1-10(2)13-8-6(5-12-3)4-7(11)9(8)14-10;3-1(4)2(5)7-6/h6-9H,4-5,11H2,1-3H3;6H,(H,3,4)/t6-,7-,8-,9+;/m1./s1. The van der Waals surface area contributed by atoms with Gasteiger partial charge in [0.05, 0.1) is 12.7 Å². The van der Waals surface area contributed by atoms with Gasteiger partial charge in [0.2, 0.25) is 0 Å². The van der Waals surface area contributed by atoms with E-state index in [2.05, 4.69) is 4.89 Å². The van der Waals surface area contributed by atoms with Crippen LogP contribution in [0.5, 0.6) is 0 Å². The Morgan fingerprint density at radius 3 is 2.33 bits per heavy atom. The summed E-state index contributed by atoms with van der Waals surface area (Å²) in [6, 6.07) is 0.0851. The number of carboxylic acids is 1. The number of nitrogens with two attached hydrogens (primary N) is 1. The van der Waals surface area contributed by atoms with Gasteiger partial charge in [-0.25, -0.2) is 9.59 Å². The van der Waals surface area contributed by atoms with Gasteiger partial charge in [-0.2, -0.15) is 5.26 Å². The number of hydrogen-bond donors (Lipinski definition) is 3. The fraction of sp³-hybridized carbons (Fsp3) is 0.833. The van der Waals surface area contributed by atoms with Crippen LogP contribution in [0.2, 0.25) is 0 Å². The highest BCUT2D eigenvalue weighted by Gasteiger charge is 2.52. The minimum atomic E-state index is -1.82. The van der Waals surface area contributed by atoms with Crippen LogP contribution in [0.3, 0.4) is 0 Å². The number of carbonyl (C=O) groups is 2. The van der Waals surface area contributed by atoms with Gasteiger partial charge in [-0.15, -0.1) is 0 Å². The number of rotatable bonds is 2. The minimum absolute atomic E-state index is 0.0464. The molecule has 122 valence electrons. The fourth-order valence-electron chi connectivity index (χ4n) is 2.55. The lowest BCUT2D eigenvalue weighted by Gasteiger charge is -2.22. The van der Waals surface area contributed by atoms with E-state index in [1.54, 1.807) is 7.11 Å². The average Bonchev–Trinajstić information content (AvgIpc) is 2.86. The molecule has 1 heterocycles. The Kier molecular flexibility index (Phi) is 6.05. The summed E-state index contributed by atoms with van der Waals surface area (Å²) in [5.74, 6) is -3.61. The Balaban J connectivity index is 0.000000270. The first-order chi connectivity index (χ1) is 9.71. The summed E-state index contributed by atoms with van der Waals surface area (Å²) in [7, 11) is 1.71. The van der Waals surface area contributed by atoms with Gasteiger partial charge in [-0.05, 0) is 20.3 Å².